The largest absolute Gasteiger partial charge is 0.508 e. The molecule has 2 rings (SSSR count). The van der Waals surface area contributed by atoms with Crippen LogP contribution in [0.2, 0.25) is 0 Å². The van der Waals surface area contributed by atoms with Gasteiger partial charge < -0.3 is 14.6 Å². The first-order valence-electron chi connectivity index (χ1n) is 5.49. The van der Waals surface area contributed by atoms with E-state index in [-0.39, 0.29) is 12.2 Å². The number of nitrogens with zero attached hydrogens (tertiary/aromatic N) is 1. The molecule has 0 radical (unpaired) electrons. The van der Waals surface area contributed by atoms with Gasteiger partial charge >= 0.3 is 5.97 Å². The average Bonchev–Trinajstić information content (AvgIpc) is 2.74. The van der Waals surface area contributed by atoms with E-state index in [1.54, 1.807) is 25.3 Å². The summed E-state index contributed by atoms with van der Waals surface area (Å²) in [6.45, 7) is 1.76. The fourth-order valence-electron chi connectivity index (χ4n) is 1.76. The summed E-state index contributed by atoms with van der Waals surface area (Å²) in [7, 11) is 0. The summed E-state index contributed by atoms with van der Waals surface area (Å²) in [6.07, 6.45) is 1.45. The fourth-order valence-corrected chi connectivity index (χ4v) is 1.76. The predicted molar refractivity (Wildman–Crippen MR) is 63.4 cm³/mol. The number of oxazole rings is 1. The van der Waals surface area contributed by atoms with E-state index < -0.39 is 11.9 Å². The van der Waals surface area contributed by atoms with Crippen molar-refractivity contribution in [3.8, 4) is 5.75 Å². The number of aromatic nitrogens is 1. The van der Waals surface area contributed by atoms with Crippen molar-refractivity contribution in [3.05, 3.63) is 47.7 Å². The molecule has 0 bridgehead atoms. The first-order valence-corrected chi connectivity index (χ1v) is 5.49. The zero-order chi connectivity index (χ0) is 13.1. The van der Waals surface area contributed by atoms with Gasteiger partial charge in [0.25, 0.3) is 0 Å². The maximum absolute atomic E-state index is 10.9. The summed E-state index contributed by atoms with van der Waals surface area (Å²) in [5.74, 6) is -0.225. The van der Waals surface area contributed by atoms with Crippen LogP contribution in [0, 0.1) is 6.92 Å². The molecule has 0 spiro atoms. The first-order chi connectivity index (χ1) is 8.56. The third kappa shape index (κ3) is 2.68. The Labute approximate surface area is 104 Å². The lowest BCUT2D eigenvalue weighted by molar-refractivity contribution is -0.137. The minimum Gasteiger partial charge on any atom is -0.508 e. The number of rotatable bonds is 4. The summed E-state index contributed by atoms with van der Waals surface area (Å²) in [5, 5.41) is 18.2. The van der Waals surface area contributed by atoms with E-state index in [9.17, 15) is 9.90 Å². The molecule has 1 heterocycles. The van der Waals surface area contributed by atoms with Crippen molar-refractivity contribution in [2.75, 3.05) is 0 Å². The van der Waals surface area contributed by atoms with Gasteiger partial charge in [0.2, 0.25) is 5.89 Å². The number of phenols is 1. The summed E-state index contributed by atoms with van der Waals surface area (Å²) in [5.41, 5.74) is 0.747. The first kappa shape index (κ1) is 12.2. The summed E-state index contributed by atoms with van der Waals surface area (Å²) in [6, 6.07) is 6.37. The molecular weight excluding hydrogens is 234 g/mol. The zero-order valence-corrected chi connectivity index (χ0v) is 9.83. The Morgan fingerprint density at radius 2 is 2.06 bits per heavy atom. The second-order valence-electron chi connectivity index (χ2n) is 4.05. The van der Waals surface area contributed by atoms with Gasteiger partial charge in [0.15, 0.2) is 0 Å². The molecule has 18 heavy (non-hydrogen) atoms. The molecule has 1 atom stereocenters. The van der Waals surface area contributed by atoms with Crippen molar-refractivity contribution >= 4 is 5.97 Å². The van der Waals surface area contributed by atoms with Gasteiger partial charge in [-0.25, -0.2) is 4.98 Å². The number of carboxylic acids is 1. The van der Waals surface area contributed by atoms with E-state index in [0.717, 1.165) is 5.56 Å². The molecule has 1 aromatic carbocycles. The van der Waals surface area contributed by atoms with Crippen LogP contribution in [0.4, 0.5) is 0 Å². The number of hydrogen-bond acceptors (Lipinski definition) is 4. The standard InChI is InChI=1S/C13H13NO4/c1-8-7-14-13(18-8)11(6-12(16)17)9-2-4-10(15)5-3-9/h2-5,7,11,15H,6H2,1H3,(H,16,17). The van der Waals surface area contributed by atoms with Gasteiger partial charge in [-0.2, -0.15) is 0 Å². The third-order valence-corrected chi connectivity index (χ3v) is 2.61. The van der Waals surface area contributed by atoms with Crippen molar-refractivity contribution in [1.82, 2.24) is 4.98 Å². The maximum Gasteiger partial charge on any atom is 0.304 e. The molecule has 5 nitrogen and oxygen atoms in total. The minimum absolute atomic E-state index is 0.106. The topological polar surface area (TPSA) is 83.6 Å². The van der Waals surface area contributed by atoms with Crippen LogP contribution in [0.15, 0.2) is 34.9 Å². The molecule has 2 N–H and O–H groups in total. The van der Waals surface area contributed by atoms with E-state index >= 15 is 0 Å². The lowest BCUT2D eigenvalue weighted by Gasteiger charge is -2.11. The minimum atomic E-state index is -0.927. The van der Waals surface area contributed by atoms with Crippen molar-refractivity contribution in [2.24, 2.45) is 0 Å². The third-order valence-electron chi connectivity index (χ3n) is 2.61. The molecule has 2 aromatic rings. The molecule has 5 heteroatoms. The van der Waals surface area contributed by atoms with Crippen molar-refractivity contribution in [3.63, 3.8) is 0 Å². The predicted octanol–water partition coefficient (Wildman–Crippen LogP) is 2.30. The Hall–Kier alpha value is -2.30. The molecule has 0 amide bonds. The van der Waals surface area contributed by atoms with Gasteiger partial charge in [0.05, 0.1) is 18.5 Å². The van der Waals surface area contributed by atoms with Crippen LogP contribution >= 0.6 is 0 Å². The Morgan fingerprint density at radius 1 is 1.39 bits per heavy atom. The lowest BCUT2D eigenvalue weighted by atomic mass is 9.95. The van der Waals surface area contributed by atoms with Gasteiger partial charge in [0, 0.05) is 0 Å². The van der Waals surface area contributed by atoms with Gasteiger partial charge in [-0.05, 0) is 24.6 Å². The van der Waals surface area contributed by atoms with Crippen LogP contribution in [-0.4, -0.2) is 21.2 Å². The second kappa shape index (κ2) is 4.91. The lowest BCUT2D eigenvalue weighted by Crippen LogP contribution is -2.08. The number of carbonyl (C=O) groups is 1. The average molecular weight is 247 g/mol. The molecule has 1 aromatic heterocycles. The van der Waals surface area contributed by atoms with Crippen LogP contribution < -0.4 is 0 Å². The van der Waals surface area contributed by atoms with Crippen molar-refractivity contribution in [1.29, 1.82) is 0 Å². The van der Waals surface area contributed by atoms with Crippen LogP contribution in [0.5, 0.6) is 5.75 Å². The number of hydrogen-bond donors (Lipinski definition) is 2. The van der Waals surface area contributed by atoms with E-state index in [1.165, 1.54) is 12.1 Å². The van der Waals surface area contributed by atoms with Crippen LogP contribution in [0.3, 0.4) is 0 Å². The Bertz CT molecular complexity index is 544. The molecule has 0 saturated carbocycles. The fraction of sp³-hybridized carbons (Fsp3) is 0.231. The highest BCUT2D eigenvalue weighted by Gasteiger charge is 2.22. The molecule has 1 unspecified atom stereocenters. The molecule has 0 fully saturated rings. The van der Waals surface area contributed by atoms with Gasteiger partial charge in [-0.1, -0.05) is 12.1 Å². The van der Waals surface area contributed by atoms with Gasteiger partial charge in [0.1, 0.15) is 11.5 Å². The highest BCUT2D eigenvalue weighted by atomic mass is 16.4. The SMILES string of the molecule is Cc1cnc(C(CC(=O)O)c2ccc(O)cc2)o1. The smallest absolute Gasteiger partial charge is 0.304 e. The molecule has 0 aliphatic heterocycles. The van der Waals surface area contributed by atoms with Crippen LogP contribution in [0.1, 0.15) is 29.6 Å². The van der Waals surface area contributed by atoms with Gasteiger partial charge in [-0.15, -0.1) is 0 Å². The maximum atomic E-state index is 10.9. The molecule has 0 saturated heterocycles. The number of aliphatic carboxylic acids is 1. The van der Waals surface area contributed by atoms with Crippen molar-refractivity contribution < 1.29 is 19.4 Å². The van der Waals surface area contributed by atoms with Gasteiger partial charge in [-0.3, -0.25) is 4.79 Å². The number of aryl methyl sites for hydroxylation is 1. The number of benzene rings is 1. The number of carboxylic acid groups (broad SMARTS) is 1. The number of phenolic OH excluding ortho intramolecular Hbond substituents is 1. The summed E-state index contributed by atoms with van der Waals surface area (Å²) >= 11 is 0. The van der Waals surface area contributed by atoms with E-state index in [4.69, 9.17) is 9.52 Å². The van der Waals surface area contributed by atoms with E-state index in [0.29, 0.717) is 11.7 Å². The molecule has 94 valence electrons. The quantitative estimate of drug-likeness (QED) is 0.866. The van der Waals surface area contributed by atoms with Crippen LogP contribution in [-0.2, 0) is 4.79 Å². The summed E-state index contributed by atoms with van der Waals surface area (Å²) < 4.78 is 5.39. The zero-order valence-electron chi connectivity index (χ0n) is 9.83. The second-order valence-corrected chi connectivity index (χ2v) is 4.05. The highest BCUT2D eigenvalue weighted by molar-refractivity contribution is 5.68. The Morgan fingerprint density at radius 3 is 2.56 bits per heavy atom. The molecule has 0 aliphatic rings. The molecule has 0 aliphatic carbocycles. The monoisotopic (exact) mass is 247 g/mol. The van der Waals surface area contributed by atoms with Crippen LogP contribution in [0.25, 0.3) is 0 Å². The van der Waals surface area contributed by atoms with E-state index in [2.05, 4.69) is 4.98 Å². The summed E-state index contributed by atoms with van der Waals surface area (Å²) in [4.78, 5) is 15.0. The Balaban J connectivity index is 2.36. The van der Waals surface area contributed by atoms with Crippen molar-refractivity contribution in [2.45, 2.75) is 19.3 Å². The normalized spacial score (nSPS) is 12.3. The van der Waals surface area contributed by atoms with E-state index in [1.807, 2.05) is 0 Å². The Kier molecular flexibility index (Phi) is 3.32. The molecular formula is C13H13NO4. The highest BCUT2D eigenvalue weighted by Crippen LogP contribution is 2.28. The number of aromatic hydroxyl groups is 1.